The first-order valence-electron chi connectivity index (χ1n) is 5.31. The van der Waals surface area contributed by atoms with Gasteiger partial charge in [0.15, 0.2) is 5.75 Å². The second-order valence-corrected chi connectivity index (χ2v) is 4.08. The summed E-state index contributed by atoms with van der Waals surface area (Å²) in [7, 11) is 1.96. The molecular formula is C11H7ClF3NO6. The fourth-order valence-corrected chi connectivity index (χ4v) is 1.83. The molecule has 11 heteroatoms. The smallest absolute Gasteiger partial charge is 0.455 e. The van der Waals surface area contributed by atoms with Crippen molar-refractivity contribution in [2.24, 2.45) is 0 Å². The van der Waals surface area contributed by atoms with E-state index < -0.39 is 50.4 Å². The van der Waals surface area contributed by atoms with E-state index in [1.165, 1.54) is 0 Å². The molecule has 0 spiro atoms. The van der Waals surface area contributed by atoms with E-state index in [0.29, 0.717) is 6.07 Å². The second-order valence-electron chi connectivity index (χ2n) is 3.74. The van der Waals surface area contributed by atoms with Gasteiger partial charge in [-0.05, 0) is 17.7 Å². The minimum absolute atomic E-state index is 0.420. The van der Waals surface area contributed by atoms with Crippen LogP contribution >= 0.6 is 11.6 Å². The zero-order chi connectivity index (χ0) is 17.2. The average Bonchev–Trinajstić information content (AvgIpc) is 2.42. The molecule has 0 atom stereocenters. The zero-order valence-corrected chi connectivity index (χ0v) is 11.7. The number of halogens is 4. The van der Waals surface area contributed by atoms with Gasteiger partial charge in [0.25, 0.3) is 11.0 Å². The third kappa shape index (κ3) is 3.11. The van der Waals surface area contributed by atoms with Gasteiger partial charge in [-0.3, -0.25) is 19.7 Å². The Balaban J connectivity index is 3.96. The van der Waals surface area contributed by atoms with Crippen molar-refractivity contribution in [3.05, 3.63) is 27.3 Å². The lowest BCUT2D eigenvalue weighted by molar-refractivity contribution is -0.386. The number of Topliss-reactive ketones (excluding diaryl/α,β-unsaturated/α-hetero) is 1. The number of benzene rings is 1. The van der Waals surface area contributed by atoms with Crippen LogP contribution in [0, 0.1) is 10.1 Å². The monoisotopic (exact) mass is 341 g/mol. The lowest BCUT2D eigenvalue weighted by atomic mass is 10.00. The second kappa shape index (κ2) is 6.18. The number of carbonyl (C=O) groups is 2. The number of ether oxygens (including phenoxy) is 2. The van der Waals surface area contributed by atoms with E-state index in [9.17, 15) is 32.9 Å². The molecule has 0 amide bonds. The van der Waals surface area contributed by atoms with Crippen molar-refractivity contribution < 1.29 is 37.2 Å². The molecule has 0 aromatic heterocycles. The fraction of sp³-hybridized carbons (Fsp3) is 0.273. The summed E-state index contributed by atoms with van der Waals surface area (Å²) in [4.78, 5) is 32.5. The maximum atomic E-state index is 12.6. The van der Waals surface area contributed by atoms with E-state index in [1.807, 2.05) is 0 Å². The Kier molecular flexibility index (Phi) is 4.97. The van der Waals surface area contributed by atoms with Crippen LogP contribution < -0.4 is 9.47 Å². The van der Waals surface area contributed by atoms with E-state index in [4.69, 9.17) is 16.3 Å². The minimum atomic E-state index is -5.45. The van der Waals surface area contributed by atoms with Crippen LogP contribution in [0.1, 0.15) is 20.7 Å². The summed E-state index contributed by atoms with van der Waals surface area (Å²) in [6.45, 7) is 0. The van der Waals surface area contributed by atoms with Crippen molar-refractivity contribution in [2.75, 3.05) is 14.2 Å². The van der Waals surface area contributed by atoms with Crippen LogP contribution in [-0.4, -0.2) is 36.3 Å². The molecule has 0 radical (unpaired) electrons. The molecule has 0 fully saturated rings. The highest BCUT2D eigenvalue weighted by Crippen LogP contribution is 2.44. The molecular weight excluding hydrogens is 335 g/mol. The molecule has 0 N–H and O–H groups in total. The van der Waals surface area contributed by atoms with Gasteiger partial charge in [-0.15, -0.1) is 0 Å². The average molecular weight is 342 g/mol. The normalized spacial score (nSPS) is 11.0. The number of carbonyl (C=O) groups excluding carboxylic acids is 2. The number of rotatable bonds is 5. The summed E-state index contributed by atoms with van der Waals surface area (Å²) < 4.78 is 47.3. The predicted molar refractivity (Wildman–Crippen MR) is 66.8 cm³/mol. The van der Waals surface area contributed by atoms with Gasteiger partial charge >= 0.3 is 11.9 Å². The van der Waals surface area contributed by atoms with Gasteiger partial charge < -0.3 is 9.47 Å². The van der Waals surface area contributed by atoms with E-state index >= 15 is 0 Å². The van der Waals surface area contributed by atoms with Crippen molar-refractivity contribution in [3.63, 3.8) is 0 Å². The summed E-state index contributed by atoms with van der Waals surface area (Å²) in [5.74, 6) is -3.75. The van der Waals surface area contributed by atoms with Crippen LogP contribution in [0.15, 0.2) is 6.07 Å². The summed E-state index contributed by atoms with van der Waals surface area (Å²) in [6, 6.07) is 0.667. The summed E-state index contributed by atoms with van der Waals surface area (Å²) >= 11 is 5.13. The van der Waals surface area contributed by atoms with Gasteiger partial charge in [0.05, 0.1) is 24.7 Å². The molecule has 1 aromatic rings. The van der Waals surface area contributed by atoms with Gasteiger partial charge in [0.2, 0.25) is 5.75 Å². The van der Waals surface area contributed by atoms with Gasteiger partial charge in [0, 0.05) is 0 Å². The number of hydrogen-bond acceptors (Lipinski definition) is 6. The van der Waals surface area contributed by atoms with E-state index in [1.54, 1.807) is 0 Å². The number of nitro groups is 1. The molecule has 7 nitrogen and oxygen atoms in total. The number of methoxy groups -OCH3 is 2. The van der Waals surface area contributed by atoms with Crippen molar-refractivity contribution in [1.29, 1.82) is 0 Å². The summed E-state index contributed by atoms with van der Waals surface area (Å²) in [5, 5.41) is 9.58. The Hall–Kier alpha value is -2.36. The number of ketones is 1. The Morgan fingerprint density at radius 1 is 1.27 bits per heavy atom. The Morgan fingerprint density at radius 2 is 1.82 bits per heavy atom. The molecule has 22 heavy (non-hydrogen) atoms. The van der Waals surface area contributed by atoms with Crippen LogP contribution in [0.25, 0.3) is 0 Å². The molecule has 0 heterocycles. The van der Waals surface area contributed by atoms with Crippen LogP contribution in [0.2, 0.25) is 0 Å². The fourth-order valence-electron chi connectivity index (χ4n) is 1.68. The lowest BCUT2D eigenvalue weighted by Gasteiger charge is -2.14. The number of nitro benzene ring substituents is 1. The van der Waals surface area contributed by atoms with Crippen LogP contribution in [0.3, 0.4) is 0 Å². The van der Waals surface area contributed by atoms with Crippen molar-refractivity contribution in [3.8, 4) is 11.5 Å². The SMILES string of the molecule is COc1cc(C(=O)Cl)c(C(=O)C(F)(F)F)c([N+](=O)[O-])c1OC. The predicted octanol–water partition coefficient (Wildman–Crippen LogP) is 2.74. The quantitative estimate of drug-likeness (QED) is 0.353. The number of alkyl halides is 3. The molecule has 1 rings (SSSR count). The summed E-state index contributed by atoms with van der Waals surface area (Å²) in [5.41, 5.74) is -3.86. The Morgan fingerprint density at radius 3 is 2.14 bits per heavy atom. The highest BCUT2D eigenvalue weighted by molar-refractivity contribution is 6.68. The summed E-state index contributed by atoms with van der Waals surface area (Å²) in [6.07, 6.45) is -5.45. The first kappa shape index (κ1) is 17.7. The molecule has 0 saturated heterocycles. The van der Waals surface area contributed by atoms with Gasteiger partial charge in [-0.25, -0.2) is 0 Å². The molecule has 0 aliphatic heterocycles. The van der Waals surface area contributed by atoms with E-state index in [0.717, 1.165) is 14.2 Å². The highest BCUT2D eigenvalue weighted by Gasteiger charge is 2.47. The zero-order valence-electron chi connectivity index (χ0n) is 11.0. The Labute approximate surface area is 125 Å². The van der Waals surface area contributed by atoms with Crippen molar-refractivity contribution in [2.45, 2.75) is 6.18 Å². The first-order chi connectivity index (χ1) is 10.1. The van der Waals surface area contributed by atoms with E-state index in [2.05, 4.69) is 4.74 Å². The van der Waals surface area contributed by atoms with Gasteiger partial charge in [0.1, 0.15) is 5.56 Å². The first-order valence-corrected chi connectivity index (χ1v) is 5.68. The maximum Gasteiger partial charge on any atom is 0.455 e. The van der Waals surface area contributed by atoms with Crippen LogP contribution in [0.5, 0.6) is 11.5 Å². The van der Waals surface area contributed by atoms with Gasteiger partial charge in [-0.1, -0.05) is 0 Å². The van der Waals surface area contributed by atoms with Crippen molar-refractivity contribution >= 4 is 28.3 Å². The molecule has 0 aliphatic carbocycles. The largest absolute Gasteiger partial charge is 0.493 e. The standard InChI is InChI=1S/C11H7ClF3NO6/c1-21-5-3-4(10(12)18)6(9(17)11(13,14)15)7(16(19)20)8(5)22-2/h3H,1-2H3. The Bertz CT molecular complexity index is 658. The third-order valence-corrected chi connectivity index (χ3v) is 2.73. The number of hydrogen-bond donors (Lipinski definition) is 0. The lowest BCUT2D eigenvalue weighted by Crippen LogP contribution is -2.26. The molecule has 0 bridgehead atoms. The molecule has 1 aromatic carbocycles. The van der Waals surface area contributed by atoms with Gasteiger partial charge in [-0.2, -0.15) is 13.2 Å². The molecule has 0 aliphatic rings. The third-order valence-electron chi connectivity index (χ3n) is 2.52. The number of nitrogens with zero attached hydrogens (tertiary/aromatic N) is 1. The highest BCUT2D eigenvalue weighted by atomic mass is 35.5. The molecule has 120 valence electrons. The van der Waals surface area contributed by atoms with Crippen molar-refractivity contribution in [1.82, 2.24) is 0 Å². The van der Waals surface area contributed by atoms with Crippen LogP contribution in [-0.2, 0) is 0 Å². The topological polar surface area (TPSA) is 95.7 Å². The van der Waals surface area contributed by atoms with E-state index in [-0.39, 0.29) is 0 Å². The minimum Gasteiger partial charge on any atom is -0.493 e. The maximum absolute atomic E-state index is 12.6. The molecule has 0 unspecified atom stereocenters. The van der Waals surface area contributed by atoms with Crippen LogP contribution in [0.4, 0.5) is 18.9 Å². The molecule has 0 saturated carbocycles.